The van der Waals surface area contributed by atoms with Gasteiger partial charge in [-0.2, -0.15) is 0 Å². The van der Waals surface area contributed by atoms with E-state index in [-0.39, 0.29) is 0 Å². The molecule has 0 radical (unpaired) electrons. The zero-order valence-electron chi connectivity index (χ0n) is 17.3. The maximum Gasteiger partial charge on any atom is 0.0323 e. The van der Waals surface area contributed by atoms with Gasteiger partial charge in [0.25, 0.3) is 0 Å². The molecule has 1 saturated heterocycles. The molecule has 2 aromatic rings. The summed E-state index contributed by atoms with van der Waals surface area (Å²) >= 11 is 0. The van der Waals surface area contributed by atoms with E-state index in [1.54, 1.807) is 0 Å². The number of piperazine rings is 1. The Labute approximate surface area is 170 Å². The fourth-order valence-electron chi connectivity index (χ4n) is 3.92. The lowest BCUT2D eigenvalue weighted by Gasteiger charge is -2.34. The predicted octanol–water partition coefficient (Wildman–Crippen LogP) is 3.39. The van der Waals surface area contributed by atoms with Crippen LogP contribution in [-0.4, -0.2) is 49.1 Å². The van der Waals surface area contributed by atoms with Crippen LogP contribution in [0.25, 0.3) is 0 Å². The van der Waals surface area contributed by atoms with Crippen molar-refractivity contribution < 1.29 is 0 Å². The van der Waals surface area contributed by atoms with Crippen LogP contribution in [-0.2, 0) is 13.1 Å². The minimum absolute atomic E-state index is 0.360. The Kier molecular flexibility index (Phi) is 8.49. The summed E-state index contributed by atoms with van der Waals surface area (Å²) in [7, 11) is 0. The van der Waals surface area contributed by atoms with Crippen LogP contribution < -0.4 is 11.1 Å². The summed E-state index contributed by atoms with van der Waals surface area (Å²) in [6.45, 7) is 10.9. The summed E-state index contributed by atoms with van der Waals surface area (Å²) in [4.78, 5) is 5.09. The molecule has 3 rings (SSSR count). The summed E-state index contributed by atoms with van der Waals surface area (Å²) < 4.78 is 0. The summed E-state index contributed by atoms with van der Waals surface area (Å²) in [5.74, 6) is 0. The molecular formula is C24H36N4. The highest BCUT2D eigenvalue weighted by molar-refractivity contribution is 5.23. The van der Waals surface area contributed by atoms with E-state index in [1.807, 2.05) is 0 Å². The van der Waals surface area contributed by atoms with Gasteiger partial charge in [-0.3, -0.25) is 4.90 Å². The first-order valence-electron chi connectivity index (χ1n) is 10.8. The molecule has 1 aliphatic rings. The van der Waals surface area contributed by atoms with Crippen molar-refractivity contribution in [1.29, 1.82) is 0 Å². The summed E-state index contributed by atoms with van der Waals surface area (Å²) in [5, 5.41) is 3.73. The second-order valence-electron chi connectivity index (χ2n) is 7.80. The maximum absolute atomic E-state index is 5.74. The first-order chi connectivity index (χ1) is 13.8. The molecule has 152 valence electrons. The quantitative estimate of drug-likeness (QED) is 0.663. The van der Waals surface area contributed by atoms with Gasteiger partial charge in [0.05, 0.1) is 0 Å². The number of nitrogens with zero attached hydrogens (tertiary/aromatic N) is 2. The Hall–Kier alpha value is -1.72. The van der Waals surface area contributed by atoms with Crippen LogP contribution in [0.2, 0.25) is 0 Å². The lowest BCUT2D eigenvalue weighted by Crippen LogP contribution is -2.45. The molecule has 2 aromatic carbocycles. The number of hydrogen-bond donors (Lipinski definition) is 2. The molecule has 1 atom stereocenters. The minimum atomic E-state index is 0.360. The lowest BCUT2D eigenvalue weighted by atomic mass is 10.0. The molecular weight excluding hydrogens is 344 g/mol. The monoisotopic (exact) mass is 380 g/mol. The van der Waals surface area contributed by atoms with E-state index in [0.717, 1.165) is 32.5 Å². The SMILES string of the molecule is CCN1CCN(Cc2ccc(CNC(CCCN)c3ccccc3)cc2)CC1. The highest BCUT2D eigenvalue weighted by Gasteiger charge is 2.15. The van der Waals surface area contributed by atoms with E-state index in [0.29, 0.717) is 6.04 Å². The highest BCUT2D eigenvalue weighted by atomic mass is 15.3. The van der Waals surface area contributed by atoms with Crippen LogP contribution >= 0.6 is 0 Å². The van der Waals surface area contributed by atoms with Gasteiger partial charge in [-0.1, -0.05) is 61.5 Å². The van der Waals surface area contributed by atoms with E-state index >= 15 is 0 Å². The van der Waals surface area contributed by atoms with Gasteiger partial charge in [0.2, 0.25) is 0 Å². The van der Waals surface area contributed by atoms with Gasteiger partial charge in [0.1, 0.15) is 0 Å². The van der Waals surface area contributed by atoms with Gasteiger partial charge in [0, 0.05) is 45.3 Å². The van der Waals surface area contributed by atoms with Crippen molar-refractivity contribution >= 4 is 0 Å². The molecule has 1 unspecified atom stereocenters. The topological polar surface area (TPSA) is 44.5 Å². The Bertz CT molecular complexity index is 663. The maximum atomic E-state index is 5.74. The Morgan fingerprint density at radius 2 is 1.54 bits per heavy atom. The average molecular weight is 381 g/mol. The van der Waals surface area contributed by atoms with E-state index in [2.05, 4.69) is 76.6 Å². The minimum Gasteiger partial charge on any atom is -0.330 e. The average Bonchev–Trinajstić information content (AvgIpc) is 2.76. The summed E-state index contributed by atoms with van der Waals surface area (Å²) in [6, 6.07) is 20.2. The Morgan fingerprint density at radius 1 is 0.893 bits per heavy atom. The van der Waals surface area contributed by atoms with Crippen molar-refractivity contribution in [3.8, 4) is 0 Å². The molecule has 0 bridgehead atoms. The Morgan fingerprint density at radius 3 is 2.18 bits per heavy atom. The fraction of sp³-hybridized carbons (Fsp3) is 0.500. The van der Waals surface area contributed by atoms with Crippen LogP contribution in [0, 0.1) is 0 Å². The van der Waals surface area contributed by atoms with Gasteiger partial charge in [-0.15, -0.1) is 0 Å². The number of likely N-dealkylation sites (N-methyl/N-ethyl adjacent to an activating group) is 1. The van der Waals surface area contributed by atoms with Crippen molar-refractivity contribution in [2.24, 2.45) is 5.73 Å². The van der Waals surface area contributed by atoms with Crippen molar-refractivity contribution in [3.63, 3.8) is 0 Å². The third kappa shape index (κ3) is 6.42. The molecule has 28 heavy (non-hydrogen) atoms. The molecule has 1 heterocycles. The van der Waals surface area contributed by atoms with Gasteiger partial charge in [-0.25, -0.2) is 0 Å². The number of hydrogen-bond acceptors (Lipinski definition) is 4. The standard InChI is InChI=1S/C24H36N4/c1-2-27-15-17-28(18-16-27)20-22-12-10-21(11-13-22)19-26-24(9-6-14-25)23-7-4-3-5-8-23/h3-5,7-8,10-13,24,26H,2,6,9,14-20,25H2,1H3. The molecule has 1 fully saturated rings. The number of rotatable bonds is 10. The molecule has 0 saturated carbocycles. The van der Waals surface area contributed by atoms with Crippen molar-refractivity contribution in [3.05, 3.63) is 71.3 Å². The Balaban J connectivity index is 1.50. The van der Waals surface area contributed by atoms with E-state index in [4.69, 9.17) is 5.73 Å². The van der Waals surface area contributed by atoms with E-state index < -0.39 is 0 Å². The zero-order chi connectivity index (χ0) is 19.6. The second-order valence-corrected chi connectivity index (χ2v) is 7.80. The highest BCUT2D eigenvalue weighted by Crippen LogP contribution is 2.19. The van der Waals surface area contributed by atoms with E-state index in [1.165, 1.54) is 49.4 Å². The van der Waals surface area contributed by atoms with Crippen LogP contribution in [0.3, 0.4) is 0 Å². The van der Waals surface area contributed by atoms with Gasteiger partial charge in [-0.05, 0) is 42.6 Å². The van der Waals surface area contributed by atoms with Gasteiger partial charge >= 0.3 is 0 Å². The molecule has 0 amide bonds. The van der Waals surface area contributed by atoms with Crippen molar-refractivity contribution in [1.82, 2.24) is 15.1 Å². The number of nitrogens with one attached hydrogen (secondary N) is 1. The van der Waals surface area contributed by atoms with Crippen molar-refractivity contribution in [2.45, 2.75) is 38.9 Å². The third-order valence-electron chi connectivity index (χ3n) is 5.79. The predicted molar refractivity (Wildman–Crippen MR) is 118 cm³/mol. The largest absolute Gasteiger partial charge is 0.330 e. The fourth-order valence-corrected chi connectivity index (χ4v) is 3.92. The summed E-state index contributed by atoms with van der Waals surface area (Å²) in [5.41, 5.74) is 9.84. The van der Waals surface area contributed by atoms with E-state index in [9.17, 15) is 0 Å². The molecule has 0 spiro atoms. The normalized spacial score (nSPS) is 16.9. The molecule has 1 aliphatic heterocycles. The third-order valence-corrected chi connectivity index (χ3v) is 5.79. The number of nitrogens with two attached hydrogens (primary N) is 1. The molecule has 0 aliphatic carbocycles. The van der Waals surface area contributed by atoms with Gasteiger partial charge in [0.15, 0.2) is 0 Å². The molecule has 0 aromatic heterocycles. The smallest absolute Gasteiger partial charge is 0.0323 e. The lowest BCUT2D eigenvalue weighted by molar-refractivity contribution is 0.132. The van der Waals surface area contributed by atoms with Crippen LogP contribution in [0.1, 0.15) is 42.5 Å². The van der Waals surface area contributed by atoms with Crippen LogP contribution in [0.15, 0.2) is 54.6 Å². The molecule has 4 nitrogen and oxygen atoms in total. The molecule has 4 heteroatoms. The first kappa shape index (κ1) is 21.0. The van der Waals surface area contributed by atoms with Crippen LogP contribution in [0.5, 0.6) is 0 Å². The van der Waals surface area contributed by atoms with Crippen LogP contribution in [0.4, 0.5) is 0 Å². The molecule has 3 N–H and O–H groups in total. The van der Waals surface area contributed by atoms with Gasteiger partial charge < -0.3 is 16.0 Å². The van der Waals surface area contributed by atoms with Crippen molar-refractivity contribution in [2.75, 3.05) is 39.3 Å². The number of benzene rings is 2. The summed E-state index contributed by atoms with van der Waals surface area (Å²) in [6.07, 6.45) is 2.11. The second kappa shape index (κ2) is 11.3. The first-order valence-corrected chi connectivity index (χ1v) is 10.8. The zero-order valence-corrected chi connectivity index (χ0v) is 17.3.